The van der Waals surface area contributed by atoms with E-state index in [-0.39, 0.29) is 118 Å². The van der Waals surface area contributed by atoms with Crippen LogP contribution in [0.4, 0.5) is 0 Å². The van der Waals surface area contributed by atoms with Gasteiger partial charge in [-0.25, -0.2) is 47.5 Å². The Morgan fingerprint density at radius 1 is 0.333 bits per heavy atom. The summed E-state index contributed by atoms with van der Waals surface area (Å²) in [5, 5.41) is 0. The Morgan fingerprint density at radius 2 is 0.333 bits per heavy atom. The van der Waals surface area contributed by atoms with Gasteiger partial charge >= 0.3 is 118 Å². The summed E-state index contributed by atoms with van der Waals surface area (Å²) in [5.74, 6) is 0. The monoisotopic (exact) mass is 296 g/mol. The van der Waals surface area contributed by atoms with Crippen LogP contribution in [-0.4, -0.2) is 0 Å². The molecule has 12 heteroatoms. The van der Waals surface area contributed by atoms with E-state index < -0.39 is 0 Å². The third kappa shape index (κ3) is 118. The molecular formula is Cl4Na4O4. The fourth-order valence-electron chi connectivity index (χ4n) is 0. The molecule has 0 spiro atoms. The number of hydrogen-bond donors (Lipinski definition) is 0. The van der Waals surface area contributed by atoms with Gasteiger partial charge in [0.25, 0.3) is 0 Å². The molecule has 12 heavy (non-hydrogen) atoms. The summed E-state index contributed by atoms with van der Waals surface area (Å²) >= 11 is 13.6. The smallest absolute Gasteiger partial charge is 0.769 e. The van der Waals surface area contributed by atoms with Crippen LogP contribution in [0.5, 0.6) is 0 Å². The zero-order valence-corrected chi connectivity index (χ0v) is 18.2. The molecule has 0 fully saturated rings. The SMILES string of the molecule is [Na+].[Na+].[Na+].[Na+].[O-]Cl.[O-]Cl.[O-]Cl.[O-]Cl. The molecule has 0 aliphatic heterocycles. The van der Waals surface area contributed by atoms with Crippen molar-refractivity contribution in [1.29, 1.82) is 0 Å². The molecule has 0 atom stereocenters. The van der Waals surface area contributed by atoms with Crippen LogP contribution in [0.1, 0.15) is 0 Å². The number of hydrogen-bond acceptors (Lipinski definition) is 4. The summed E-state index contributed by atoms with van der Waals surface area (Å²) < 4.78 is 30.9. The number of halogens is 4. The molecule has 0 bridgehead atoms. The van der Waals surface area contributed by atoms with Crippen LogP contribution in [0.2, 0.25) is 0 Å². The van der Waals surface area contributed by atoms with E-state index in [4.69, 9.17) is 18.6 Å². The molecule has 0 amide bonds. The zero-order chi connectivity index (χ0) is 8.00. The van der Waals surface area contributed by atoms with E-state index in [0.717, 1.165) is 0 Å². The normalized spacial score (nSPS) is 2.00. The van der Waals surface area contributed by atoms with Gasteiger partial charge in [0.15, 0.2) is 0 Å². The molecule has 0 radical (unpaired) electrons. The molecule has 0 saturated heterocycles. The first-order chi connectivity index (χ1) is 4.00. The van der Waals surface area contributed by atoms with E-state index in [2.05, 4.69) is 47.5 Å². The van der Waals surface area contributed by atoms with Crippen molar-refractivity contribution in [2.45, 2.75) is 0 Å². The fraction of sp³-hybridized carbons (Fsp3) is 0. The minimum Gasteiger partial charge on any atom is -0.769 e. The maximum Gasteiger partial charge on any atom is 1.00 e. The molecule has 0 saturated carbocycles. The number of rotatable bonds is 0. The van der Waals surface area contributed by atoms with E-state index in [1.54, 1.807) is 0 Å². The predicted octanol–water partition coefficient (Wildman–Crippen LogP) is -14.0. The molecule has 0 unspecified atom stereocenters. The third-order valence-corrected chi connectivity index (χ3v) is 0. The van der Waals surface area contributed by atoms with Crippen molar-refractivity contribution in [3.8, 4) is 0 Å². The van der Waals surface area contributed by atoms with Crippen LogP contribution < -0.4 is 137 Å². The van der Waals surface area contributed by atoms with Crippen molar-refractivity contribution in [2.24, 2.45) is 0 Å². The summed E-state index contributed by atoms with van der Waals surface area (Å²) in [4.78, 5) is 0. The van der Waals surface area contributed by atoms with E-state index in [9.17, 15) is 0 Å². The average molecular weight is 298 g/mol. The summed E-state index contributed by atoms with van der Waals surface area (Å²) in [5.41, 5.74) is 0. The van der Waals surface area contributed by atoms with Gasteiger partial charge in [0.2, 0.25) is 0 Å². The fourth-order valence-corrected chi connectivity index (χ4v) is 0. The first-order valence-corrected chi connectivity index (χ1v) is 1.85. The zero-order valence-electron chi connectivity index (χ0n) is 7.14. The van der Waals surface area contributed by atoms with Gasteiger partial charge in [-0.15, -0.1) is 0 Å². The van der Waals surface area contributed by atoms with Gasteiger partial charge in [0.05, 0.1) is 0 Å². The molecule has 0 aromatic rings. The first-order valence-electron chi connectivity index (χ1n) is 0.617. The van der Waals surface area contributed by atoms with Gasteiger partial charge < -0.3 is 18.6 Å². The quantitative estimate of drug-likeness (QED) is 0.415. The van der Waals surface area contributed by atoms with Crippen molar-refractivity contribution in [3.05, 3.63) is 0 Å². The second kappa shape index (κ2) is 144. The Hall–Kier alpha value is 5.00. The standard InChI is InChI=1S/4ClO.4Na/c4*1-2;;;;/q4*-1;4*+1. The minimum atomic E-state index is 0. The van der Waals surface area contributed by atoms with Crippen LogP contribution in [-0.2, 0) is 0 Å². The van der Waals surface area contributed by atoms with Crippen LogP contribution in [0.15, 0.2) is 0 Å². The van der Waals surface area contributed by atoms with Crippen LogP contribution in [0.3, 0.4) is 0 Å². The second-order valence-electron chi connectivity index (χ2n) is 0. The Kier molecular flexibility index (Phi) is 645. The van der Waals surface area contributed by atoms with Gasteiger partial charge in [-0.1, -0.05) is 0 Å². The minimum absolute atomic E-state index is 0. The maximum atomic E-state index is 7.72. The largest absolute Gasteiger partial charge is 1.00 e. The van der Waals surface area contributed by atoms with Crippen LogP contribution in [0.25, 0.3) is 0 Å². The topological polar surface area (TPSA) is 92.2 Å². The van der Waals surface area contributed by atoms with Gasteiger partial charge in [0.1, 0.15) is 0 Å². The average Bonchev–Trinajstić information content (AvgIpc) is 2.03. The van der Waals surface area contributed by atoms with Gasteiger partial charge in [-0.05, 0) is 0 Å². The summed E-state index contributed by atoms with van der Waals surface area (Å²) in [6.45, 7) is 0. The molecule has 0 aliphatic carbocycles. The molecule has 0 aromatic heterocycles. The molecule has 0 N–H and O–H groups in total. The third-order valence-electron chi connectivity index (χ3n) is 0. The predicted molar refractivity (Wildman–Crippen MR) is 23.4 cm³/mol. The van der Waals surface area contributed by atoms with E-state index in [1.807, 2.05) is 0 Å². The first kappa shape index (κ1) is 53.7. The summed E-state index contributed by atoms with van der Waals surface area (Å²) in [7, 11) is 0. The van der Waals surface area contributed by atoms with Crippen molar-refractivity contribution in [3.63, 3.8) is 0 Å². The van der Waals surface area contributed by atoms with Crippen molar-refractivity contribution in [2.75, 3.05) is 0 Å². The molecule has 56 valence electrons. The van der Waals surface area contributed by atoms with E-state index in [0.29, 0.717) is 0 Å². The Bertz CT molecular complexity index is 19.0. The molecule has 0 aliphatic rings. The van der Waals surface area contributed by atoms with Crippen molar-refractivity contribution >= 4 is 47.5 Å². The van der Waals surface area contributed by atoms with E-state index >= 15 is 0 Å². The Balaban J connectivity index is -0.00000000267. The Labute approximate surface area is 180 Å². The summed E-state index contributed by atoms with van der Waals surface area (Å²) in [6, 6.07) is 0. The van der Waals surface area contributed by atoms with Crippen molar-refractivity contribution in [1.82, 2.24) is 0 Å². The second-order valence-corrected chi connectivity index (χ2v) is 0. The molecule has 0 heterocycles. The maximum absolute atomic E-state index is 7.72. The van der Waals surface area contributed by atoms with Crippen LogP contribution in [0, 0.1) is 0 Å². The Morgan fingerprint density at radius 3 is 0.333 bits per heavy atom. The molecule has 0 rings (SSSR count). The van der Waals surface area contributed by atoms with Crippen molar-refractivity contribution < 1.29 is 137 Å². The molecule has 4 nitrogen and oxygen atoms in total. The van der Waals surface area contributed by atoms with Gasteiger partial charge in [0, 0.05) is 0 Å². The van der Waals surface area contributed by atoms with E-state index in [1.165, 1.54) is 0 Å². The van der Waals surface area contributed by atoms with Crippen LogP contribution >= 0.6 is 47.5 Å². The van der Waals surface area contributed by atoms with Gasteiger partial charge in [-0.3, -0.25) is 0 Å². The molecular weight excluding hydrogens is 298 g/mol. The van der Waals surface area contributed by atoms with Gasteiger partial charge in [-0.2, -0.15) is 0 Å². The summed E-state index contributed by atoms with van der Waals surface area (Å²) in [6.07, 6.45) is 0. The molecule has 0 aromatic carbocycles.